The van der Waals surface area contributed by atoms with Crippen molar-refractivity contribution in [1.82, 2.24) is 5.32 Å². The Bertz CT molecular complexity index is 341. The van der Waals surface area contributed by atoms with E-state index in [1.54, 1.807) is 19.2 Å². The fraction of sp³-hybridized carbons (Fsp3) is 0.571. The molecule has 0 radical (unpaired) electrons. The van der Waals surface area contributed by atoms with Crippen LogP contribution in [0.25, 0.3) is 0 Å². The average molecular weight is 239 g/mol. The summed E-state index contributed by atoms with van der Waals surface area (Å²) >= 11 is 0. The van der Waals surface area contributed by atoms with Gasteiger partial charge in [-0.3, -0.25) is 0 Å². The van der Waals surface area contributed by atoms with Crippen molar-refractivity contribution in [2.45, 2.75) is 32.9 Å². The van der Waals surface area contributed by atoms with Crippen molar-refractivity contribution in [2.24, 2.45) is 5.92 Å². The number of halogens is 1. The highest BCUT2D eigenvalue weighted by Crippen LogP contribution is 2.16. The molecule has 0 fully saturated rings. The minimum Gasteiger partial charge on any atom is -0.383 e. The van der Waals surface area contributed by atoms with E-state index in [1.165, 1.54) is 6.07 Å². The first kappa shape index (κ1) is 14.1. The van der Waals surface area contributed by atoms with Crippen molar-refractivity contribution < 1.29 is 9.13 Å². The summed E-state index contributed by atoms with van der Waals surface area (Å²) in [5, 5.41) is 3.47. The standard InChI is InChI=1S/C14H22FNO/c1-10(2)14(9-17-4)16-11(3)12-6-5-7-13(15)8-12/h5-8,10-11,14,16H,9H2,1-4H3. The summed E-state index contributed by atoms with van der Waals surface area (Å²) < 4.78 is 18.3. The summed E-state index contributed by atoms with van der Waals surface area (Å²) in [5.41, 5.74) is 0.965. The van der Waals surface area contributed by atoms with Gasteiger partial charge in [0.2, 0.25) is 0 Å². The maximum absolute atomic E-state index is 13.1. The van der Waals surface area contributed by atoms with Crippen LogP contribution in [0.2, 0.25) is 0 Å². The van der Waals surface area contributed by atoms with E-state index in [-0.39, 0.29) is 17.9 Å². The van der Waals surface area contributed by atoms with E-state index in [0.717, 1.165) is 5.56 Å². The zero-order valence-corrected chi connectivity index (χ0v) is 11.0. The van der Waals surface area contributed by atoms with Crippen LogP contribution in [0.5, 0.6) is 0 Å². The Labute approximate surface area is 103 Å². The molecule has 0 bridgehead atoms. The van der Waals surface area contributed by atoms with E-state index < -0.39 is 0 Å². The Morgan fingerprint density at radius 1 is 1.29 bits per heavy atom. The van der Waals surface area contributed by atoms with Crippen LogP contribution in [0, 0.1) is 11.7 Å². The lowest BCUT2D eigenvalue weighted by molar-refractivity contribution is 0.141. The first-order valence-corrected chi connectivity index (χ1v) is 6.05. The number of nitrogens with one attached hydrogen (secondary N) is 1. The van der Waals surface area contributed by atoms with Gasteiger partial charge in [-0.2, -0.15) is 0 Å². The molecular weight excluding hydrogens is 217 g/mol. The molecule has 0 saturated carbocycles. The van der Waals surface area contributed by atoms with Crippen LogP contribution in [0.4, 0.5) is 4.39 Å². The molecule has 0 aliphatic heterocycles. The Balaban J connectivity index is 2.66. The van der Waals surface area contributed by atoms with Gasteiger partial charge in [0.1, 0.15) is 5.82 Å². The van der Waals surface area contributed by atoms with Gasteiger partial charge in [0, 0.05) is 19.2 Å². The van der Waals surface area contributed by atoms with Crippen LogP contribution in [-0.4, -0.2) is 19.8 Å². The van der Waals surface area contributed by atoms with Crippen molar-refractivity contribution in [1.29, 1.82) is 0 Å². The Morgan fingerprint density at radius 2 is 2.00 bits per heavy atom. The summed E-state index contributed by atoms with van der Waals surface area (Å²) in [6, 6.07) is 7.10. The highest BCUT2D eigenvalue weighted by Gasteiger charge is 2.16. The molecule has 17 heavy (non-hydrogen) atoms. The molecule has 0 amide bonds. The van der Waals surface area contributed by atoms with E-state index in [2.05, 4.69) is 19.2 Å². The summed E-state index contributed by atoms with van der Waals surface area (Å²) in [6.45, 7) is 7.00. The van der Waals surface area contributed by atoms with Crippen LogP contribution in [0.1, 0.15) is 32.4 Å². The predicted octanol–water partition coefficient (Wildman–Crippen LogP) is 3.15. The highest BCUT2D eigenvalue weighted by molar-refractivity contribution is 5.19. The summed E-state index contributed by atoms with van der Waals surface area (Å²) in [7, 11) is 1.70. The summed E-state index contributed by atoms with van der Waals surface area (Å²) in [6.07, 6.45) is 0. The lowest BCUT2D eigenvalue weighted by Crippen LogP contribution is -2.39. The molecule has 1 N–H and O–H groups in total. The first-order valence-electron chi connectivity index (χ1n) is 6.05. The number of methoxy groups -OCH3 is 1. The number of rotatable bonds is 6. The number of hydrogen-bond donors (Lipinski definition) is 1. The Kier molecular flexibility index (Phi) is 5.59. The molecule has 2 atom stereocenters. The van der Waals surface area contributed by atoms with Crippen molar-refractivity contribution in [2.75, 3.05) is 13.7 Å². The molecule has 0 heterocycles. The lowest BCUT2D eigenvalue weighted by atomic mass is 10.0. The van der Waals surface area contributed by atoms with E-state index in [1.807, 2.05) is 13.0 Å². The second kappa shape index (κ2) is 6.72. The van der Waals surface area contributed by atoms with E-state index >= 15 is 0 Å². The van der Waals surface area contributed by atoms with Gasteiger partial charge in [0.15, 0.2) is 0 Å². The zero-order valence-electron chi connectivity index (χ0n) is 11.0. The maximum Gasteiger partial charge on any atom is 0.123 e. The predicted molar refractivity (Wildman–Crippen MR) is 68.5 cm³/mol. The number of hydrogen-bond acceptors (Lipinski definition) is 2. The molecule has 0 aromatic heterocycles. The van der Waals surface area contributed by atoms with Crippen molar-refractivity contribution in [3.63, 3.8) is 0 Å². The van der Waals surface area contributed by atoms with Crippen LogP contribution in [0.3, 0.4) is 0 Å². The van der Waals surface area contributed by atoms with Gasteiger partial charge in [0.05, 0.1) is 6.61 Å². The number of ether oxygens (including phenoxy) is 1. The van der Waals surface area contributed by atoms with E-state index in [4.69, 9.17) is 4.74 Å². The fourth-order valence-corrected chi connectivity index (χ4v) is 1.81. The molecule has 1 rings (SSSR count). The van der Waals surface area contributed by atoms with E-state index in [9.17, 15) is 4.39 Å². The molecule has 2 unspecified atom stereocenters. The minimum atomic E-state index is -0.191. The van der Waals surface area contributed by atoms with Crippen molar-refractivity contribution in [3.8, 4) is 0 Å². The molecular formula is C14H22FNO. The first-order chi connectivity index (χ1) is 8.04. The van der Waals surface area contributed by atoms with Crippen LogP contribution in [0.15, 0.2) is 24.3 Å². The van der Waals surface area contributed by atoms with Gasteiger partial charge in [-0.25, -0.2) is 4.39 Å². The normalized spacial score (nSPS) is 14.9. The topological polar surface area (TPSA) is 21.3 Å². The van der Waals surface area contributed by atoms with Gasteiger partial charge in [-0.15, -0.1) is 0 Å². The second-order valence-electron chi connectivity index (χ2n) is 4.75. The van der Waals surface area contributed by atoms with Crippen molar-refractivity contribution >= 4 is 0 Å². The summed E-state index contributed by atoms with van der Waals surface area (Å²) in [4.78, 5) is 0. The van der Waals surface area contributed by atoms with Gasteiger partial charge < -0.3 is 10.1 Å². The SMILES string of the molecule is COCC(NC(C)c1cccc(F)c1)C(C)C. The molecule has 0 spiro atoms. The third-order valence-corrected chi connectivity index (χ3v) is 2.96. The third-order valence-electron chi connectivity index (χ3n) is 2.96. The van der Waals surface area contributed by atoms with Gasteiger partial charge in [0.25, 0.3) is 0 Å². The monoisotopic (exact) mass is 239 g/mol. The highest BCUT2D eigenvalue weighted by atomic mass is 19.1. The number of benzene rings is 1. The molecule has 2 nitrogen and oxygen atoms in total. The molecule has 0 aliphatic carbocycles. The molecule has 0 saturated heterocycles. The largest absolute Gasteiger partial charge is 0.383 e. The smallest absolute Gasteiger partial charge is 0.123 e. The third kappa shape index (κ3) is 4.44. The van der Waals surface area contributed by atoms with Gasteiger partial charge in [-0.05, 0) is 30.5 Å². The second-order valence-corrected chi connectivity index (χ2v) is 4.75. The lowest BCUT2D eigenvalue weighted by Gasteiger charge is -2.26. The van der Waals surface area contributed by atoms with Gasteiger partial charge in [-0.1, -0.05) is 26.0 Å². The Morgan fingerprint density at radius 3 is 2.53 bits per heavy atom. The molecule has 0 aliphatic rings. The van der Waals surface area contributed by atoms with Crippen LogP contribution >= 0.6 is 0 Å². The fourth-order valence-electron chi connectivity index (χ4n) is 1.81. The van der Waals surface area contributed by atoms with Crippen molar-refractivity contribution in [3.05, 3.63) is 35.6 Å². The Hall–Kier alpha value is -0.930. The van der Waals surface area contributed by atoms with Crippen LogP contribution in [-0.2, 0) is 4.74 Å². The summed E-state index contributed by atoms with van der Waals surface area (Å²) in [5.74, 6) is 0.287. The molecule has 1 aromatic carbocycles. The van der Waals surface area contributed by atoms with Crippen LogP contribution < -0.4 is 5.32 Å². The minimum absolute atomic E-state index is 0.119. The molecule has 3 heteroatoms. The maximum atomic E-state index is 13.1. The van der Waals surface area contributed by atoms with Gasteiger partial charge >= 0.3 is 0 Å². The molecule has 1 aromatic rings. The molecule has 96 valence electrons. The van der Waals surface area contributed by atoms with E-state index in [0.29, 0.717) is 12.5 Å². The zero-order chi connectivity index (χ0) is 12.8. The average Bonchev–Trinajstić information content (AvgIpc) is 2.28. The quantitative estimate of drug-likeness (QED) is 0.823.